The van der Waals surface area contributed by atoms with Crippen molar-refractivity contribution in [3.8, 4) is 16.9 Å². The van der Waals surface area contributed by atoms with Crippen LogP contribution in [0.1, 0.15) is 43.9 Å². The molecule has 0 amide bonds. The monoisotopic (exact) mass is 328 g/mol. The third-order valence-electron chi connectivity index (χ3n) is 4.52. The number of carbonyl (C=O) groups excluding carboxylic acids is 1. The predicted octanol–water partition coefficient (Wildman–Crippen LogP) is 4.42. The lowest BCUT2D eigenvalue weighted by Gasteiger charge is -2.24. The summed E-state index contributed by atoms with van der Waals surface area (Å²) in [4.78, 5) is 12.0. The average Bonchev–Trinajstić information content (AvgIpc) is 2.57. The molecule has 1 heterocycles. The molecular formula is C20H21FO3. The first kappa shape index (κ1) is 16.7. The Morgan fingerprint density at radius 1 is 1.25 bits per heavy atom. The van der Waals surface area contributed by atoms with E-state index in [0.717, 1.165) is 24.0 Å². The molecule has 2 atom stereocenters. The topological polar surface area (TPSA) is 46.5 Å². The highest BCUT2D eigenvalue weighted by Crippen LogP contribution is 2.37. The standard InChI is InChI=1S/C20H21FO3/c1-3-4-16-11-15-9-10-17(18(21)19(15)24-20(16)23)14-7-5-13(6-8-14)12(2)22/h5-10,12,16,22H,3-4,11H2,1-2H3. The lowest BCUT2D eigenvalue weighted by atomic mass is 9.90. The summed E-state index contributed by atoms with van der Waals surface area (Å²) in [6.45, 7) is 3.70. The van der Waals surface area contributed by atoms with Crippen LogP contribution in [0.5, 0.6) is 5.75 Å². The van der Waals surface area contributed by atoms with E-state index in [4.69, 9.17) is 4.74 Å². The summed E-state index contributed by atoms with van der Waals surface area (Å²) >= 11 is 0. The summed E-state index contributed by atoms with van der Waals surface area (Å²) in [5.74, 6) is -0.965. The van der Waals surface area contributed by atoms with Gasteiger partial charge in [0.05, 0.1) is 12.0 Å². The minimum atomic E-state index is -0.566. The molecule has 3 rings (SSSR count). The summed E-state index contributed by atoms with van der Waals surface area (Å²) in [5, 5.41) is 9.56. The van der Waals surface area contributed by atoms with E-state index in [0.29, 0.717) is 17.5 Å². The Balaban J connectivity index is 1.95. The van der Waals surface area contributed by atoms with E-state index < -0.39 is 11.9 Å². The van der Waals surface area contributed by atoms with E-state index in [9.17, 15) is 14.3 Å². The van der Waals surface area contributed by atoms with Crippen LogP contribution in [0.4, 0.5) is 4.39 Å². The summed E-state index contributed by atoms with van der Waals surface area (Å²) in [6, 6.07) is 10.6. The van der Waals surface area contributed by atoms with Crippen LogP contribution in [0, 0.1) is 11.7 Å². The molecule has 3 nitrogen and oxygen atoms in total. The molecule has 2 unspecified atom stereocenters. The highest BCUT2D eigenvalue weighted by Gasteiger charge is 2.30. The minimum Gasteiger partial charge on any atom is -0.423 e. The van der Waals surface area contributed by atoms with Gasteiger partial charge in [-0.3, -0.25) is 4.79 Å². The SMILES string of the molecule is CCCC1Cc2ccc(-c3ccc(C(C)O)cc3)c(F)c2OC1=O. The van der Waals surface area contributed by atoms with Gasteiger partial charge in [-0.2, -0.15) is 0 Å². The number of esters is 1. The average molecular weight is 328 g/mol. The number of hydrogen-bond donors (Lipinski definition) is 1. The number of aliphatic hydroxyl groups excluding tert-OH is 1. The van der Waals surface area contributed by atoms with Crippen LogP contribution < -0.4 is 4.74 Å². The van der Waals surface area contributed by atoms with E-state index in [2.05, 4.69) is 0 Å². The van der Waals surface area contributed by atoms with Crippen LogP contribution in [-0.4, -0.2) is 11.1 Å². The summed E-state index contributed by atoms with van der Waals surface area (Å²) in [7, 11) is 0. The fraction of sp³-hybridized carbons (Fsp3) is 0.350. The Labute approximate surface area is 141 Å². The highest BCUT2D eigenvalue weighted by atomic mass is 19.1. The molecule has 1 aliphatic rings. The van der Waals surface area contributed by atoms with Gasteiger partial charge < -0.3 is 9.84 Å². The van der Waals surface area contributed by atoms with E-state index in [-0.39, 0.29) is 17.6 Å². The number of aliphatic hydroxyl groups is 1. The number of carbonyl (C=O) groups is 1. The van der Waals surface area contributed by atoms with E-state index in [1.807, 2.05) is 13.0 Å². The van der Waals surface area contributed by atoms with Crippen LogP contribution in [0.2, 0.25) is 0 Å². The molecule has 0 saturated heterocycles. The third kappa shape index (κ3) is 3.06. The van der Waals surface area contributed by atoms with Gasteiger partial charge >= 0.3 is 5.97 Å². The lowest BCUT2D eigenvalue weighted by molar-refractivity contribution is -0.140. The van der Waals surface area contributed by atoms with Crippen molar-refractivity contribution in [2.45, 2.75) is 39.2 Å². The van der Waals surface area contributed by atoms with Crippen molar-refractivity contribution in [1.82, 2.24) is 0 Å². The Hall–Kier alpha value is -2.20. The number of benzene rings is 2. The molecule has 126 valence electrons. The van der Waals surface area contributed by atoms with E-state index in [1.54, 1.807) is 37.3 Å². The minimum absolute atomic E-state index is 0.0597. The second-order valence-corrected chi connectivity index (χ2v) is 6.32. The molecular weight excluding hydrogens is 307 g/mol. The van der Waals surface area contributed by atoms with Gasteiger partial charge in [0.25, 0.3) is 0 Å². The largest absolute Gasteiger partial charge is 0.423 e. The fourth-order valence-electron chi connectivity index (χ4n) is 3.13. The first-order valence-electron chi connectivity index (χ1n) is 8.32. The smallest absolute Gasteiger partial charge is 0.314 e. The van der Waals surface area contributed by atoms with Crippen LogP contribution in [0.25, 0.3) is 11.1 Å². The Morgan fingerprint density at radius 2 is 1.96 bits per heavy atom. The van der Waals surface area contributed by atoms with Crippen molar-refractivity contribution in [3.05, 3.63) is 53.3 Å². The molecule has 0 spiro atoms. The molecule has 2 aromatic carbocycles. The van der Waals surface area contributed by atoms with Crippen LogP contribution in [0.15, 0.2) is 36.4 Å². The Morgan fingerprint density at radius 3 is 2.58 bits per heavy atom. The number of fused-ring (bicyclic) bond motifs is 1. The third-order valence-corrected chi connectivity index (χ3v) is 4.52. The molecule has 4 heteroatoms. The van der Waals surface area contributed by atoms with Crippen LogP contribution in [0.3, 0.4) is 0 Å². The molecule has 1 aliphatic heterocycles. The van der Waals surface area contributed by atoms with Gasteiger partial charge in [0.1, 0.15) is 0 Å². The maximum atomic E-state index is 14.9. The quantitative estimate of drug-likeness (QED) is 0.667. The molecule has 24 heavy (non-hydrogen) atoms. The lowest BCUT2D eigenvalue weighted by Crippen LogP contribution is -2.28. The maximum absolute atomic E-state index is 14.9. The summed E-state index contributed by atoms with van der Waals surface area (Å²) < 4.78 is 20.2. The van der Waals surface area contributed by atoms with E-state index in [1.165, 1.54) is 0 Å². The van der Waals surface area contributed by atoms with Crippen molar-refractivity contribution in [2.24, 2.45) is 5.92 Å². The maximum Gasteiger partial charge on any atom is 0.314 e. The molecule has 0 aliphatic carbocycles. The first-order chi connectivity index (χ1) is 11.5. The second-order valence-electron chi connectivity index (χ2n) is 6.32. The summed E-state index contributed by atoms with van der Waals surface area (Å²) in [5.41, 5.74) is 2.60. The van der Waals surface area contributed by atoms with Crippen molar-refractivity contribution in [3.63, 3.8) is 0 Å². The summed E-state index contributed by atoms with van der Waals surface area (Å²) in [6.07, 6.45) is 1.61. The van der Waals surface area contributed by atoms with Crippen molar-refractivity contribution < 1.29 is 19.0 Å². The van der Waals surface area contributed by atoms with Gasteiger partial charge in [0.2, 0.25) is 0 Å². The second kappa shape index (κ2) is 6.73. The van der Waals surface area contributed by atoms with Crippen molar-refractivity contribution >= 4 is 5.97 Å². The Bertz CT molecular complexity index is 750. The predicted molar refractivity (Wildman–Crippen MR) is 90.2 cm³/mol. The fourth-order valence-corrected chi connectivity index (χ4v) is 3.13. The highest BCUT2D eigenvalue weighted by molar-refractivity contribution is 5.79. The Kier molecular flexibility index (Phi) is 4.67. The van der Waals surface area contributed by atoms with Gasteiger partial charge in [-0.15, -0.1) is 0 Å². The van der Waals surface area contributed by atoms with Crippen LogP contribution >= 0.6 is 0 Å². The zero-order valence-electron chi connectivity index (χ0n) is 13.9. The van der Waals surface area contributed by atoms with Crippen LogP contribution in [-0.2, 0) is 11.2 Å². The zero-order valence-corrected chi connectivity index (χ0v) is 13.9. The number of ether oxygens (including phenoxy) is 1. The number of hydrogen-bond acceptors (Lipinski definition) is 3. The van der Waals surface area contributed by atoms with Crippen molar-refractivity contribution in [1.29, 1.82) is 0 Å². The molecule has 0 aromatic heterocycles. The van der Waals surface area contributed by atoms with Gasteiger partial charge in [0.15, 0.2) is 11.6 Å². The molecule has 0 bridgehead atoms. The van der Waals surface area contributed by atoms with Gasteiger partial charge in [-0.1, -0.05) is 49.7 Å². The van der Waals surface area contributed by atoms with Gasteiger partial charge in [0, 0.05) is 5.56 Å². The zero-order chi connectivity index (χ0) is 17.3. The molecule has 2 aromatic rings. The van der Waals surface area contributed by atoms with Gasteiger partial charge in [-0.05, 0) is 36.5 Å². The normalized spacial score (nSPS) is 18.0. The molecule has 1 N–H and O–H groups in total. The molecule has 0 radical (unpaired) electrons. The van der Waals surface area contributed by atoms with Crippen molar-refractivity contribution in [2.75, 3.05) is 0 Å². The number of halogens is 1. The van der Waals surface area contributed by atoms with E-state index >= 15 is 0 Å². The molecule has 0 fully saturated rings. The van der Waals surface area contributed by atoms with Gasteiger partial charge in [-0.25, -0.2) is 4.39 Å². The first-order valence-corrected chi connectivity index (χ1v) is 8.32. The molecule has 0 saturated carbocycles. The number of rotatable bonds is 4.